The quantitative estimate of drug-likeness (QED) is 0.759. The van der Waals surface area contributed by atoms with Crippen LogP contribution in [0, 0.1) is 30.6 Å². The van der Waals surface area contributed by atoms with Crippen molar-refractivity contribution in [2.24, 2.45) is 23.7 Å². The van der Waals surface area contributed by atoms with E-state index in [2.05, 4.69) is 5.32 Å². The van der Waals surface area contributed by atoms with E-state index in [9.17, 15) is 23.1 Å². The summed E-state index contributed by atoms with van der Waals surface area (Å²) < 4.78 is 25.7. The average molecular weight is 378 g/mol. The molecule has 0 saturated heterocycles. The second-order valence-corrected chi connectivity index (χ2v) is 9.24. The van der Waals surface area contributed by atoms with Gasteiger partial charge in [-0.1, -0.05) is 18.2 Å². The van der Waals surface area contributed by atoms with E-state index in [4.69, 9.17) is 0 Å². The van der Waals surface area contributed by atoms with E-state index in [0.717, 1.165) is 4.31 Å². The summed E-state index contributed by atoms with van der Waals surface area (Å²) in [7, 11) is -0.753. The van der Waals surface area contributed by atoms with Crippen molar-refractivity contribution in [3.05, 3.63) is 35.9 Å². The second-order valence-electron chi connectivity index (χ2n) is 7.09. The summed E-state index contributed by atoms with van der Waals surface area (Å²) in [5.41, 5.74) is 1.09. The number of amides is 1. The van der Waals surface area contributed by atoms with E-state index in [1.807, 2.05) is 12.2 Å². The van der Waals surface area contributed by atoms with Crippen LogP contribution in [0.25, 0.3) is 0 Å². The lowest BCUT2D eigenvalue weighted by atomic mass is 9.82. The number of anilines is 1. The largest absolute Gasteiger partial charge is 0.481 e. The predicted octanol–water partition coefficient (Wildman–Crippen LogP) is 1.71. The Morgan fingerprint density at radius 3 is 2.35 bits per heavy atom. The number of fused-ring (bicyclic) bond motifs is 2. The molecule has 140 valence electrons. The molecule has 4 atom stereocenters. The van der Waals surface area contributed by atoms with Gasteiger partial charge in [0.05, 0.1) is 16.7 Å². The predicted molar refractivity (Wildman–Crippen MR) is 96.0 cm³/mol. The number of benzene rings is 1. The number of nitrogens with one attached hydrogen (secondary N) is 1. The topological polar surface area (TPSA) is 104 Å². The number of carbonyl (C=O) groups is 2. The highest BCUT2D eigenvalue weighted by Gasteiger charge is 2.51. The number of carboxylic acids is 1. The number of carboxylic acid groups (broad SMARTS) is 1. The van der Waals surface area contributed by atoms with Gasteiger partial charge in [-0.3, -0.25) is 9.59 Å². The summed E-state index contributed by atoms with van der Waals surface area (Å²) >= 11 is 0. The summed E-state index contributed by atoms with van der Waals surface area (Å²) in [5, 5.41) is 12.2. The number of aliphatic carboxylic acids is 1. The molecule has 0 aliphatic heterocycles. The Labute approximate surface area is 152 Å². The zero-order valence-electron chi connectivity index (χ0n) is 14.8. The molecule has 1 aromatic carbocycles. The van der Waals surface area contributed by atoms with Gasteiger partial charge in [-0.05, 0) is 42.9 Å². The van der Waals surface area contributed by atoms with Gasteiger partial charge in [-0.15, -0.1) is 0 Å². The highest BCUT2D eigenvalue weighted by atomic mass is 32.2. The summed E-state index contributed by atoms with van der Waals surface area (Å²) in [6, 6.07) is 4.53. The van der Waals surface area contributed by atoms with E-state index >= 15 is 0 Å². The molecule has 3 rings (SSSR count). The SMILES string of the molecule is Cc1ccc(S(=O)(=O)N(C)C)cc1NC(=O)[C@H]1[C@@H](C(=O)O)[C@H]2C=C[C@H]1C2. The third kappa shape index (κ3) is 3.03. The van der Waals surface area contributed by atoms with Crippen molar-refractivity contribution >= 4 is 27.6 Å². The summed E-state index contributed by atoms with van der Waals surface area (Å²) in [5.74, 6) is -2.93. The van der Waals surface area contributed by atoms with E-state index in [1.54, 1.807) is 13.0 Å². The highest BCUT2D eigenvalue weighted by Crippen LogP contribution is 2.48. The van der Waals surface area contributed by atoms with Gasteiger partial charge in [0.1, 0.15) is 0 Å². The molecule has 0 spiro atoms. The summed E-state index contributed by atoms with van der Waals surface area (Å²) in [6.07, 6.45) is 4.46. The Bertz CT molecular complexity index is 891. The Hall–Kier alpha value is -2.19. The molecule has 2 aliphatic carbocycles. The van der Waals surface area contributed by atoms with E-state index in [1.165, 1.54) is 26.2 Å². The monoisotopic (exact) mass is 378 g/mol. The first-order chi connectivity index (χ1) is 12.1. The molecule has 0 unspecified atom stereocenters. The van der Waals surface area contributed by atoms with Crippen LogP contribution in [0.1, 0.15) is 12.0 Å². The van der Waals surface area contributed by atoms with E-state index < -0.39 is 27.8 Å². The fourth-order valence-corrected chi connectivity index (χ4v) is 4.77. The molecular formula is C18H22N2O5S. The number of rotatable bonds is 5. The fraction of sp³-hybridized carbons (Fsp3) is 0.444. The Morgan fingerprint density at radius 1 is 1.15 bits per heavy atom. The van der Waals surface area contributed by atoms with Crippen LogP contribution in [0.4, 0.5) is 5.69 Å². The minimum absolute atomic E-state index is 0.0750. The first kappa shape index (κ1) is 18.6. The molecule has 2 aliphatic rings. The molecule has 26 heavy (non-hydrogen) atoms. The van der Waals surface area contributed by atoms with Crippen LogP contribution in [0.3, 0.4) is 0 Å². The van der Waals surface area contributed by atoms with Gasteiger partial charge >= 0.3 is 5.97 Å². The lowest BCUT2D eigenvalue weighted by Crippen LogP contribution is -2.36. The minimum Gasteiger partial charge on any atom is -0.481 e. The van der Waals surface area contributed by atoms with Crippen molar-refractivity contribution in [1.82, 2.24) is 4.31 Å². The Morgan fingerprint density at radius 2 is 1.77 bits per heavy atom. The molecule has 2 N–H and O–H groups in total. The first-order valence-electron chi connectivity index (χ1n) is 8.38. The van der Waals surface area contributed by atoms with Crippen molar-refractivity contribution in [3.63, 3.8) is 0 Å². The van der Waals surface area contributed by atoms with Crippen molar-refractivity contribution in [2.45, 2.75) is 18.2 Å². The minimum atomic E-state index is -3.63. The molecule has 0 aromatic heterocycles. The normalized spacial score (nSPS) is 27.1. The van der Waals surface area contributed by atoms with Crippen molar-refractivity contribution < 1.29 is 23.1 Å². The van der Waals surface area contributed by atoms with Crippen LogP contribution in [0.15, 0.2) is 35.2 Å². The standard InChI is InChI=1S/C18H22N2O5S/c1-10-4-7-13(26(24,25)20(2)3)9-14(10)19-17(21)15-11-5-6-12(8-11)16(15)18(22)23/h4-7,9,11-12,15-16H,8H2,1-3H3,(H,19,21)(H,22,23)/t11-,12-,15+,16-/m0/s1. The maximum absolute atomic E-state index is 12.8. The van der Waals surface area contributed by atoms with Crippen LogP contribution in [-0.2, 0) is 19.6 Å². The average Bonchev–Trinajstić information content (AvgIpc) is 3.17. The van der Waals surface area contributed by atoms with Gasteiger partial charge in [0.2, 0.25) is 15.9 Å². The van der Waals surface area contributed by atoms with Crippen molar-refractivity contribution in [1.29, 1.82) is 0 Å². The van der Waals surface area contributed by atoms with Gasteiger partial charge in [-0.25, -0.2) is 12.7 Å². The maximum atomic E-state index is 12.8. The molecular weight excluding hydrogens is 356 g/mol. The summed E-state index contributed by atoms with van der Waals surface area (Å²) in [4.78, 5) is 24.5. The zero-order chi connectivity index (χ0) is 19.2. The molecule has 0 radical (unpaired) electrons. The molecule has 1 fully saturated rings. The maximum Gasteiger partial charge on any atom is 0.307 e. The number of carbonyl (C=O) groups excluding carboxylic acids is 1. The van der Waals surface area contributed by atoms with Gasteiger partial charge in [0, 0.05) is 19.8 Å². The van der Waals surface area contributed by atoms with Crippen molar-refractivity contribution in [3.8, 4) is 0 Å². The molecule has 2 bridgehead atoms. The third-order valence-corrected chi connectivity index (χ3v) is 7.10. The van der Waals surface area contributed by atoms with Crippen molar-refractivity contribution in [2.75, 3.05) is 19.4 Å². The lowest BCUT2D eigenvalue weighted by molar-refractivity contribution is -0.146. The smallest absolute Gasteiger partial charge is 0.307 e. The fourth-order valence-electron chi connectivity index (χ4n) is 3.84. The van der Waals surface area contributed by atoms with E-state index in [-0.39, 0.29) is 22.6 Å². The molecule has 1 amide bonds. The zero-order valence-corrected chi connectivity index (χ0v) is 15.7. The number of allylic oxidation sites excluding steroid dienone is 2. The van der Waals surface area contributed by atoms with Crippen LogP contribution in [-0.4, -0.2) is 43.8 Å². The molecule has 7 nitrogen and oxygen atoms in total. The summed E-state index contributed by atoms with van der Waals surface area (Å²) in [6.45, 7) is 1.76. The number of sulfonamides is 1. The third-order valence-electron chi connectivity index (χ3n) is 5.29. The Balaban J connectivity index is 1.88. The lowest BCUT2D eigenvalue weighted by Gasteiger charge is -2.24. The second kappa shape index (κ2) is 6.51. The number of hydrogen-bond donors (Lipinski definition) is 2. The van der Waals surface area contributed by atoms with Crippen LogP contribution < -0.4 is 5.32 Å². The van der Waals surface area contributed by atoms with Gasteiger partial charge in [0.15, 0.2) is 0 Å². The number of nitrogens with zero attached hydrogens (tertiary/aromatic N) is 1. The van der Waals surface area contributed by atoms with E-state index in [0.29, 0.717) is 17.7 Å². The molecule has 0 heterocycles. The Kier molecular flexibility index (Phi) is 4.66. The molecule has 8 heteroatoms. The van der Waals surface area contributed by atoms with Gasteiger partial charge in [0.25, 0.3) is 0 Å². The highest BCUT2D eigenvalue weighted by molar-refractivity contribution is 7.89. The van der Waals surface area contributed by atoms with Crippen LogP contribution in [0.2, 0.25) is 0 Å². The number of hydrogen-bond acceptors (Lipinski definition) is 4. The molecule has 1 saturated carbocycles. The van der Waals surface area contributed by atoms with Crippen LogP contribution in [0.5, 0.6) is 0 Å². The van der Waals surface area contributed by atoms with Gasteiger partial charge < -0.3 is 10.4 Å². The molecule has 1 aromatic rings. The van der Waals surface area contributed by atoms with Crippen LogP contribution >= 0.6 is 0 Å². The van der Waals surface area contributed by atoms with Gasteiger partial charge in [-0.2, -0.15) is 0 Å². The first-order valence-corrected chi connectivity index (χ1v) is 9.82. The number of aryl methyl sites for hydroxylation is 1.